The van der Waals surface area contributed by atoms with E-state index in [2.05, 4.69) is 6.07 Å². The van der Waals surface area contributed by atoms with Crippen LogP contribution < -0.4 is 0 Å². The molecule has 5 heteroatoms. The second-order valence-electron chi connectivity index (χ2n) is 3.95. The fraction of sp³-hybridized carbons (Fsp3) is 0.800. The van der Waals surface area contributed by atoms with Gasteiger partial charge in [0.2, 0.25) is 0 Å². The molecule has 1 N–H and O–H groups in total. The molecule has 0 radical (unpaired) electrons. The van der Waals surface area contributed by atoms with Crippen molar-refractivity contribution >= 4 is 17.7 Å². The van der Waals surface area contributed by atoms with Crippen molar-refractivity contribution in [2.24, 2.45) is 5.41 Å². The van der Waals surface area contributed by atoms with Gasteiger partial charge in [-0.2, -0.15) is 5.26 Å². The fourth-order valence-corrected chi connectivity index (χ4v) is 2.08. The van der Waals surface area contributed by atoms with Crippen LogP contribution in [0.2, 0.25) is 0 Å². The van der Waals surface area contributed by atoms with Crippen LogP contribution >= 0.6 is 11.6 Å². The van der Waals surface area contributed by atoms with E-state index in [9.17, 15) is 4.79 Å². The highest BCUT2D eigenvalue weighted by atomic mass is 35.5. The number of alkyl halides is 1. The van der Waals surface area contributed by atoms with E-state index in [1.54, 1.807) is 0 Å². The Morgan fingerprint density at radius 2 is 2.13 bits per heavy atom. The Hall–Kier alpha value is -0.950. The molecule has 0 aromatic rings. The van der Waals surface area contributed by atoms with Gasteiger partial charge in [0.25, 0.3) is 0 Å². The van der Waals surface area contributed by atoms with Crippen LogP contribution in [0.25, 0.3) is 0 Å². The summed E-state index contributed by atoms with van der Waals surface area (Å²) in [5.41, 5.74) is -0.346. The van der Waals surface area contributed by atoms with Gasteiger partial charge >= 0.3 is 6.09 Å². The van der Waals surface area contributed by atoms with E-state index in [1.807, 2.05) is 0 Å². The molecule has 0 spiro atoms. The van der Waals surface area contributed by atoms with E-state index in [4.69, 9.17) is 22.0 Å². The highest BCUT2D eigenvalue weighted by Gasteiger charge is 2.35. The highest BCUT2D eigenvalue weighted by molar-refractivity contribution is 6.17. The van der Waals surface area contributed by atoms with Crippen molar-refractivity contribution in [1.82, 2.24) is 4.90 Å². The Labute approximate surface area is 94.4 Å². The van der Waals surface area contributed by atoms with Gasteiger partial charge in [-0.25, -0.2) is 4.79 Å². The zero-order valence-corrected chi connectivity index (χ0v) is 9.33. The van der Waals surface area contributed by atoms with Gasteiger partial charge < -0.3 is 10.0 Å². The van der Waals surface area contributed by atoms with E-state index >= 15 is 0 Å². The first-order valence-electron chi connectivity index (χ1n) is 5.09. The summed E-state index contributed by atoms with van der Waals surface area (Å²) in [4.78, 5) is 12.1. The lowest BCUT2D eigenvalue weighted by atomic mass is 9.76. The van der Waals surface area contributed by atoms with Crippen LogP contribution in [0.3, 0.4) is 0 Å². The Morgan fingerprint density at radius 1 is 1.53 bits per heavy atom. The first kappa shape index (κ1) is 12.1. The molecular formula is C10H15ClN2O2. The van der Waals surface area contributed by atoms with Crippen LogP contribution in [0.5, 0.6) is 0 Å². The Morgan fingerprint density at radius 3 is 2.53 bits per heavy atom. The van der Waals surface area contributed by atoms with Crippen molar-refractivity contribution in [1.29, 1.82) is 5.26 Å². The molecule has 1 aliphatic rings. The van der Waals surface area contributed by atoms with Crippen molar-refractivity contribution in [2.45, 2.75) is 25.7 Å². The largest absolute Gasteiger partial charge is 0.465 e. The predicted molar refractivity (Wildman–Crippen MR) is 56.8 cm³/mol. The van der Waals surface area contributed by atoms with Crippen LogP contribution in [-0.2, 0) is 0 Å². The van der Waals surface area contributed by atoms with E-state index < -0.39 is 6.09 Å². The topological polar surface area (TPSA) is 64.3 Å². The van der Waals surface area contributed by atoms with Gasteiger partial charge in [-0.15, -0.1) is 11.6 Å². The third-order valence-corrected chi connectivity index (χ3v) is 3.28. The molecule has 1 aliphatic heterocycles. The molecular weight excluding hydrogens is 216 g/mol. The third-order valence-electron chi connectivity index (χ3n) is 3.02. The summed E-state index contributed by atoms with van der Waals surface area (Å²) in [7, 11) is 0. The summed E-state index contributed by atoms with van der Waals surface area (Å²) in [5.74, 6) is 0.562. The zero-order valence-electron chi connectivity index (χ0n) is 8.58. The lowest BCUT2D eigenvalue weighted by Crippen LogP contribution is -2.42. The SMILES string of the molecule is N#CC1(CCCCl)CCN(C(=O)O)CC1. The van der Waals surface area contributed by atoms with Crippen molar-refractivity contribution in [3.05, 3.63) is 0 Å². The molecule has 0 unspecified atom stereocenters. The Kier molecular flexibility index (Phi) is 4.22. The standard InChI is InChI=1S/C10H15ClN2O2/c11-5-1-2-10(8-12)3-6-13(7-4-10)9(14)15/h1-7H2,(H,14,15). The van der Waals surface area contributed by atoms with E-state index in [1.165, 1.54) is 4.90 Å². The molecule has 4 nitrogen and oxygen atoms in total. The summed E-state index contributed by atoms with van der Waals surface area (Å²) < 4.78 is 0. The van der Waals surface area contributed by atoms with Crippen molar-refractivity contribution in [2.75, 3.05) is 19.0 Å². The summed E-state index contributed by atoms with van der Waals surface area (Å²) >= 11 is 5.60. The molecule has 1 amide bonds. The summed E-state index contributed by atoms with van der Waals surface area (Å²) in [6, 6.07) is 2.33. The summed E-state index contributed by atoms with van der Waals surface area (Å²) in [6.07, 6.45) is 1.97. The second-order valence-corrected chi connectivity index (χ2v) is 4.33. The number of halogens is 1. The van der Waals surface area contributed by atoms with Crippen molar-refractivity contribution in [3.63, 3.8) is 0 Å². The van der Waals surface area contributed by atoms with E-state index in [0.717, 1.165) is 12.8 Å². The number of nitriles is 1. The number of amides is 1. The van der Waals surface area contributed by atoms with E-state index in [-0.39, 0.29) is 5.41 Å². The molecule has 0 aromatic heterocycles. The third kappa shape index (κ3) is 3.00. The van der Waals surface area contributed by atoms with Gasteiger partial charge in [-0.05, 0) is 25.7 Å². The average Bonchev–Trinajstić information content (AvgIpc) is 2.27. The highest BCUT2D eigenvalue weighted by Crippen LogP contribution is 2.35. The number of likely N-dealkylation sites (tertiary alicyclic amines) is 1. The number of rotatable bonds is 3. The molecule has 0 aromatic carbocycles. The molecule has 0 saturated carbocycles. The number of carboxylic acid groups (broad SMARTS) is 1. The van der Waals surface area contributed by atoms with Gasteiger partial charge in [0.15, 0.2) is 0 Å². The van der Waals surface area contributed by atoms with Crippen molar-refractivity contribution in [3.8, 4) is 6.07 Å². The molecule has 84 valence electrons. The minimum Gasteiger partial charge on any atom is -0.465 e. The Balaban J connectivity index is 2.51. The maximum Gasteiger partial charge on any atom is 0.407 e. The van der Waals surface area contributed by atoms with Gasteiger partial charge in [-0.3, -0.25) is 0 Å². The minimum atomic E-state index is -0.890. The average molecular weight is 231 g/mol. The quantitative estimate of drug-likeness (QED) is 0.757. The summed E-state index contributed by atoms with van der Waals surface area (Å²) in [5, 5.41) is 17.9. The number of carbonyl (C=O) groups is 1. The van der Waals surface area contributed by atoms with Crippen LogP contribution in [0.1, 0.15) is 25.7 Å². The predicted octanol–water partition coefficient (Wildman–Crippen LogP) is 2.29. The lowest BCUT2D eigenvalue weighted by Gasteiger charge is -2.35. The smallest absolute Gasteiger partial charge is 0.407 e. The maximum absolute atomic E-state index is 10.7. The number of hydrogen-bond acceptors (Lipinski definition) is 2. The van der Waals surface area contributed by atoms with Crippen LogP contribution in [0, 0.1) is 16.7 Å². The molecule has 15 heavy (non-hydrogen) atoms. The maximum atomic E-state index is 10.7. The van der Waals surface area contributed by atoms with E-state index in [0.29, 0.717) is 31.8 Å². The first-order valence-corrected chi connectivity index (χ1v) is 5.62. The van der Waals surface area contributed by atoms with Crippen LogP contribution in [0.4, 0.5) is 4.79 Å². The minimum absolute atomic E-state index is 0.346. The number of hydrogen-bond donors (Lipinski definition) is 1. The zero-order chi connectivity index (χ0) is 11.3. The molecule has 1 fully saturated rings. The molecule has 0 aliphatic carbocycles. The first-order chi connectivity index (χ1) is 7.13. The van der Waals surface area contributed by atoms with Crippen LogP contribution in [0.15, 0.2) is 0 Å². The molecule has 1 saturated heterocycles. The van der Waals surface area contributed by atoms with Crippen molar-refractivity contribution < 1.29 is 9.90 Å². The van der Waals surface area contributed by atoms with Crippen LogP contribution in [-0.4, -0.2) is 35.1 Å². The second kappa shape index (κ2) is 5.22. The normalized spacial score (nSPS) is 19.6. The van der Waals surface area contributed by atoms with Gasteiger partial charge in [0, 0.05) is 19.0 Å². The fourth-order valence-electron chi connectivity index (χ4n) is 1.95. The summed E-state index contributed by atoms with van der Waals surface area (Å²) in [6.45, 7) is 0.927. The molecule has 1 rings (SSSR count). The molecule has 0 atom stereocenters. The number of piperidine rings is 1. The van der Waals surface area contributed by atoms with Gasteiger partial charge in [0.05, 0.1) is 11.5 Å². The monoisotopic (exact) mass is 230 g/mol. The molecule has 0 bridgehead atoms. The molecule has 1 heterocycles. The van der Waals surface area contributed by atoms with Gasteiger partial charge in [-0.1, -0.05) is 0 Å². The Bertz CT molecular complexity index is 267. The lowest BCUT2D eigenvalue weighted by molar-refractivity contribution is 0.107. The number of nitrogens with zero attached hydrogens (tertiary/aromatic N) is 2. The van der Waals surface area contributed by atoms with Gasteiger partial charge in [0.1, 0.15) is 0 Å².